The van der Waals surface area contributed by atoms with E-state index in [1.54, 1.807) is 6.26 Å². The Morgan fingerprint density at radius 3 is 3.05 bits per heavy atom. The molecule has 1 atom stereocenters. The highest BCUT2D eigenvalue weighted by atomic mass is 32.1. The number of rotatable bonds is 2. The number of aromatic nitrogens is 1. The van der Waals surface area contributed by atoms with Gasteiger partial charge in [0, 0.05) is 43.0 Å². The van der Waals surface area contributed by atoms with Crippen molar-refractivity contribution >= 4 is 11.3 Å². The molecule has 2 aliphatic rings. The van der Waals surface area contributed by atoms with Gasteiger partial charge in [0.15, 0.2) is 0 Å². The van der Waals surface area contributed by atoms with Gasteiger partial charge in [-0.3, -0.25) is 4.90 Å². The molecule has 2 aromatic heterocycles. The van der Waals surface area contributed by atoms with Crippen molar-refractivity contribution in [1.82, 2.24) is 15.2 Å². The molecule has 20 heavy (non-hydrogen) atoms. The lowest BCUT2D eigenvalue weighted by Gasteiger charge is -2.31. The van der Waals surface area contributed by atoms with Crippen molar-refractivity contribution in [2.75, 3.05) is 26.2 Å². The van der Waals surface area contributed by atoms with Crippen molar-refractivity contribution in [3.63, 3.8) is 0 Å². The van der Waals surface area contributed by atoms with Crippen molar-refractivity contribution in [2.45, 2.75) is 25.8 Å². The van der Waals surface area contributed by atoms with Crippen LogP contribution in [0.5, 0.6) is 0 Å². The zero-order valence-corrected chi connectivity index (χ0v) is 12.5. The molecule has 0 spiro atoms. The normalized spacial score (nSPS) is 20.4. The van der Waals surface area contributed by atoms with Crippen molar-refractivity contribution in [2.24, 2.45) is 0 Å². The number of hydrogen-bond acceptors (Lipinski definition) is 5. The number of hydrogen-bond donors (Lipinski definition) is 1. The fourth-order valence-electron chi connectivity index (χ4n) is 3.13. The number of thiazole rings is 1. The van der Waals surface area contributed by atoms with Crippen LogP contribution in [0.15, 0.2) is 16.7 Å². The molecule has 1 aliphatic heterocycles. The summed E-state index contributed by atoms with van der Waals surface area (Å²) in [5.74, 6) is 1.10. The first-order valence-corrected chi connectivity index (χ1v) is 8.15. The van der Waals surface area contributed by atoms with Gasteiger partial charge in [-0.1, -0.05) is 0 Å². The van der Waals surface area contributed by atoms with Crippen molar-refractivity contribution in [1.29, 1.82) is 0 Å². The van der Waals surface area contributed by atoms with Crippen LogP contribution in [0, 0.1) is 0 Å². The summed E-state index contributed by atoms with van der Waals surface area (Å²) in [6.45, 7) is 6.68. The summed E-state index contributed by atoms with van der Waals surface area (Å²) in [6.07, 6.45) is 3.87. The molecule has 4 nitrogen and oxygen atoms in total. The SMILES string of the molecule is CC(c1nc2c(s1)CCc1occc1-2)N1CCNCC1. The first-order chi connectivity index (χ1) is 9.83. The topological polar surface area (TPSA) is 41.3 Å². The minimum atomic E-state index is 0.419. The zero-order chi connectivity index (χ0) is 13.5. The van der Waals surface area contributed by atoms with E-state index in [-0.39, 0.29) is 0 Å². The largest absolute Gasteiger partial charge is 0.469 e. The quantitative estimate of drug-likeness (QED) is 0.922. The van der Waals surface area contributed by atoms with E-state index in [9.17, 15) is 0 Å². The third-order valence-corrected chi connectivity index (χ3v) is 5.64. The predicted octanol–water partition coefficient (Wildman–Crippen LogP) is 2.47. The molecule has 1 N–H and O–H groups in total. The maximum atomic E-state index is 5.54. The Kier molecular flexibility index (Phi) is 3.13. The third-order valence-electron chi connectivity index (χ3n) is 4.35. The summed E-state index contributed by atoms with van der Waals surface area (Å²) >= 11 is 1.89. The first kappa shape index (κ1) is 12.6. The van der Waals surface area contributed by atoms with Crippen LogP contribution in [0.1, 0.15) is 28.6 Å². The van der Waals surface area contributed by atoms with Gasteiger partial charge in [0.1, 0.15) is 10.8 Å². The lowest BCUT2D eigenvalue weighted by atomic mass is 10.0. The van der Waals surface area contributed by atoms with Gasteiger partial charge in [-0.25, -0.2) is 4.98 Å². The van der Waals surface area contributed by atoms with Gasteiger partial charge in [-0.05, 0) is 19.4 Å². The lowest BCUT2D eigenvalue weighted by Crippen LogP contribution is -2.44. The number of nitrogens with zero attached hydrogens (tertiary/aromatic N) is 2. The summed E-state index contributed by atoms with van der Waals surface area (Å²) in [5, 5.41) is 4.66. The molecule has 1 saturated heterocycles. The van der Waals surface area contributed by atoms with Gasteiger partial charge >= 0.3 is 0 Å². The van der Waals surface area contributed by atoms with Crippen molar-refractivity contribution in [3.05, 3.63) is 28.0 Å². The van der Waals surface area contributed by atoms with E-state index >= 15 is 0 Å². The molecule has 3 heterocycles. The molecule has 0 saturated carbocycles. The number of fused-ring (bicyclic) bond motifs is 3. The fourth-order valence-corrected chi connectivity index (χ4v) is 4.29. The van der Waals surface area contributed by atoms with Gasteiger partial charge in [0.05, 0.1) is 18.0 Å². The van der Waals surface area contributed by atoms with Gasteiger partial charge in [0.25, 0.3) is 0 Å². The van der Waals surface area contributed by atoms with E-state index in [0.29, 0.717) is 6.04 Å². The third kappa shape index (κ3) is 2.01. The molecule has 1 fully saturated rings. The summed E-state index contributed by atoms with van der Waals surface area (Å²) in [6, 6.07) is 2.48. The minimum Gasteiger partial charge on any atom is -0.469 e. The molecule has 0 aromatic carbocycles. The summed E-state index contributed by atoms with van der Waals surface area (Å²) in [4.78, 5) is 8.89. The molecule has 0 bridgehead atoms. The minimum absolute atomic E-state index is 0.419. The van der Waals surface area contributed by atoms with Gasteiger partial charge in [-0.2, -0.15) is 0 Å². The van der Waals surface area contributed by atoms with Crippen LogP contribution in [0.2, 0.25) is 0 Å². The number of piperazine rings is 1. The van der Waals surface area contributed by atoms with E-state index < -0.39 is 0 Å². The second-order valence-corrected chi connectivity index (χ2v) is 6.66. The zero-order valence-electron chi connectivity index (χ0n) is 11.7. The molecule has 2 aromatic rings. The molecule has 4 rings (SSSR count). The highest BCUT2D eigenvalue weighted by molar-refractivity contribution is 7.12. The Balaban J connectivity index is 1.65. The van der Waals surface area contributed by atoms with E-state index in [0.717, 1.165) is 44.8 Å². The Morgan fingerprint density at radius 2 is 2.20 bits per heavy atom. The van der Waals surface area contributed by atoms with Crippen LogP contribution in [0.4, 0.5) is 0 Å². The molecule has 106 valence electrons. The molecule has 1 unspecified atom stereocenters. The molecule has 5 heteroatoms. The van der Waals surface area contributed by atoms with Crippen LogP contribution in [0.25, 0.3) is 11.3 Å². The van der Waals surface area contributed by atoms with Crippen LogP contribution < -0.4 is 5.32 Å². The lowest BCUT2D eigenvalue weighted by molar-refractivity contribution is 0.185. The fraction of sp³-hybridized carbons (Fsp3) is 0.533. The maximum absolute atomic E-state index is 5.54. The van der Waals surface area contributed by atoms with Crippen LogP contribution >= 0.6 is 11.3 Å². The van der Waals surface area contributed by atoms with E-state index in [2.05, 4.69) is 23.2 Å². The molecule has 1 aliphatic carbocycles. The first-order valence-electron chi connectivity index (χ1n) is 7.34. The monoisotopic (exact) mass is 289 g/mol. The highest BCUT2D eigenvalue weighted by Crippen LogP contribution is 2.39. The standard InChI is InChI=1S/C15H19N3OS/c1-10(18-7-5-16-6-8-18)15-17-14-11-4-9-19-12(11)2-3-13(14)20-15/h4,9-10,16H,2-3,5-8H2,1H3. The summed E-state index contributed by atoms with van der Waals surface area (Å²) < 4.78 is 5.54. The highest BCUT2D eigenvalue weighted by Gasteiger charge is 2.27. The second-order valence-electron chi connectivity index (χ2n) is 5.54. The van der Waals surface area contributed by atoms with Crippen molar-refractivity contribution in [3.8, 4) is 11.3 Å². The Bertz CT molecular complexity index is 612. The Hall–Kier alpha value is -1.17. The smallest absolute Gasteiger partial charge is 0.113 e. The van der Waals surface area contributed by atoms with Crippen LogP contribution in [0.3, 0.4) is 0 Å². The van der Waals surface area contributed by atoms with Crippen molar-refractivity contribution < 1.29 is 4.42 Å². The maximum Gasteiger partial charge on any atom is 0.113 e. The number of furan rings is 1. The molecular weight excluding hydrogens is 270 g/mol. The summed E-state index contributed by atoms with van der Waals surface area (Å²) in [7, 11) is 0. The van der Waals surface area contributed by atoms with Gasteiger partial charge in [-0.15, -0.1) is 11.3 Å². The average molecular weight is 289 g/mol. The molecule has 0 radical (unpaired) electrons. The van der Waals surface area contributed by atoms with Crippen LogP contribution in [-0.2, 0) is 12.8 Å². The number of nitrogens with one attached hydrogen (secondary N) is 1. The van der Waals surface area contributed by atoms with Gasteiger partial charge in [0.2, 0.25) is 0 Å². The predicted molar refractivity (Wildman–Crippen MR) is 80.1 cm³/mol. The van der Waals surface area contributed by atoms with E-state index in [1.165, 1.54) is 21.1 Å². The average Bonchev–Trinajstić information content (AvgIpc) is 3.12. The number of aryl methyl sites for hydroxylation is 2. The van der Waals surface area contributed by atoms with Gasteiger partial charge < -0.3 is 9.73 Å². The van der Waals surface area contributed by atoms with E-state index in [4.69, 9.17) is 9.40 Å². The van der Waals surface area contributed by atoms with E-state index in [1.807, 2.05) is 11.3 Å². The summed E-state index contributed by atoms with van der Waals surface area (Å²) in [5.41, 5.74) is 2.38. The Morgan fingerprint density at radius 1 is 1.35 bits per heavy atom. The second kappa shape index (κ2) is 4.98. The Labute approximate surface area is 122 Å². The van der Waals surface area contributed by atoms with Crippen LogP contribution in [-0.4, -0.2) is 36.1 Å². The molecule has 0 amide bonds. The molecular formula is C15H19N3OS.